The minimum Gasteiger partial charge on any atom is -0.455 e. The summed E-state index contributed by atoms with van der Waals surface area (Å²) in [5.41, 5.74) is 1.74. The second kappa shape index (κ2) is 46.2. The molecule has 4 fully saturated rings. The van der Waals surface area contributed by atoms with Gasteiger partial charge in [0, 0.05) is 11.1 Å². The molecule has 4 N–H and O–H groups in total. The molecule has 6 heterocycles. The van der Waals surface area contributed by atoms with Gasteiger partial charge in [0.2, 0.25) is 0 Å². The Kier molecular flexibility index (Phi) is 40.2. The van der Waals surface area contributed by atoms with E-state index in [1.54, 1.807) is 0 Å². The molecule has 4 saturated heterocycles. The van der Waals surface area contributed by atoms with E-state index < -0.39 is 0 Å². The van der Waals surface area contributed by atoms with Crippen LogP contribution in [0.4, 0.5) is 0 Å². The molecule has 0 amide bonds. The first kappa shape index (κ1) is 74.8. The van der Waals surface area contributed by atoms with Crippen molar-refractivity contribution in [2.24, 2.45) is 0 Å². The molecule has 0 bridgehead atoms. The number of aliphatic hydroxyl groups is 4. The van der Waals surface area contributed by atoms with Crippen LogP contribution in [-0.4, -0.2) is 118 Å². The summed E-state index contributed by atoms with van der Waals surface area (Å²) < 4.78 is 35.5. The molecule has 0 aromatic carbocycles. The van der Waals surface area contributed by atoms with Crippen LogP contribution in [0.5, 0.6) is 0 Å². The van der Waals surface area contributed by atoms with Gasteiger partial charge >= 0.3 is 11.9 Å². The number of cyclic esters (lactones) is 2. The van der Waals surface area contributed by atoms with E-state index in [-0.39, 0.29) is 97.4 Å². The predicted octanol–water partition coefficient (Wildman–Crippen LogP) is 17.8. The third-order valence-corrected chi connectivity index (χ3v) is 20.0. The fraction of sp³-hybridized carbons (Fsp3) is 0.919. The molecule has 6 rings (SSSR count). The van der Waals surface area contributed by atoms with E-state index in [1.807, 2.05) is 26.0 Å². The topological polar surface area (TPSA) is 170 Å². The lowest BCUT2D eigenvalue weighted by molar-refractivity contribution is -0.140. The monoisotopic (exact) mass is 1210 g/mol. The maximum atomic E-state index is 11.6. The minimum atomic E-state index is -0.375. The highest BCUT2D eigenvalue weighted by Gasteiger charge is 2.42. The Bertz CT molecular complexity index is 1660. The summed E-state index contributed by atoms with van der Waals surface area (Å²) in [5.74, 6) is -0.235. The molecule has 6 aliphatic heterocycles. The molecule has 14 atom stereocenters. The number of carbonyl (C=O) groups is 2. The largest absolute Gasteiger partial charge is 0.455 e. The van der Waals surface area contributed by atoms with Gasteiger partial charge in [-0.05, 0) is 129 Å². The summed E-state index contributed by atoms with van der Waals surface area (Å²) in [5, 5.41) is 42.9. The number of hydrogen-bond donors (Lipinski definition) is 4. The number of unbranched alkanes of at least 4 members (excludes halogenated alkanes) is 32. The molecule has 500 valence electrons. The van der Waals surface area contributed by atoms with Crippen molar-refractivity contribution < 1.29 is 58.4 Å². The number of aliphatic hydroxyl groups excluding tert-OH is 4. The highest BCUT2D eigenvalue weighted by Crippen LogP contribution is 2.37. The maximum absolute atomic E-state index is 11.6. The van der Waals surface area contributed by atoms with Gasteiger partial charge in [0.1, 0.15) is 12.2 Å². The lowest BCUT2D eigenvalue weighted by Crippen LogP contribution is -2.33. The lowest BCUT2D eigenvalue weighted by Gasteiger charge is -2.24. The van der Waals surface area contributed by atoms with Crippen LogP contribution in [0.3, 0.4) is 0 Å². The summed E-state index contributed by atoms with van der Waals surface area (Å²) in [7, 11) is 0. The Morgan fingerprint density at radius 3 is 0.744 bits per heavy atom. The van der Waals surface area contributed by atoms with Gasteiger partial charge in [-0.3, -0.25) is 0 Å². The molecule has 12 nitrogen and oxygen atoms in total. The standard InChI is InChI=1S/2C37H66O6/c2*1-3-4-5-6-7-13-16-19-22-31(38)33-24-26-35(42-33)36-27-25-34(43-36)32(39)23-20-17-14-11-9-8-10-12-15-18-21-30-28-29(2)41-37(30)40/h2*28-29,31-36,38-39H,3-27H2,1-2H3/t29-,31-,32+,33+,34+,35+,36+;/m0./s1. The SMILES string of the molecule is CCCCCCCCCCC(O)C1CCC(C2CCC(C(O)CCCCCCCCCCCCC3=CC(C)OC3=O)O2)O1.CCCCCCCCCC[C@H](O)[C@H]1CC[C@H]([C@H]2CC[C@H]([C@H](O)CCCCCCCCCCCCC3=C[C@H](C)OC3=O)O2)O1. The Hall–Kier alpha value is -1.90. The van der Waals surface area contributed by atoms with Crippen LogP contribution >= 0.6 is 0 Å². The zero-order valence-electron chi connectivity index (χ0n) is 55.6. The van der Waals surface area contributed by atoms with Gasteiger partial charge in [0.05, 0.1) is 73.2 Å². The zero-order chi connectivity index (χ0) is 61.4. The summed E-state index contributed by atoms with van der Waals surface area (Å²) >= 11 is 0. The van der Waals surface area contributed by atoms with Gasteiger partial charge in [-0.1, -0.05) is 232 Å². The minimum absolute atomic E-state index is 0.0466. The normalized spacial score (nSPS) is 27.0. The van der Waals surface area contributed by atoms with E-state index in [1.165, 1.54) is 193 Å². The summed E-state index contributed by atoms with van der Waals surface area (Å²) in [6, 6.07) is 0. The Labute approximate surface area is 525 Å². The van der Waals surface area contributed by atoms with Crippen molar-refractivity contribution in [3.63, 3.8) is 0 Å². The van der Waals surface area contributed by atoms with Crippen molar-refractivity contribution in [3.05, 3.63) is 23.3 Å². The Morgan fingerprint density at radius 2 is 0.535 bits per heavy atom. The molecule has 0 aliphatic carbocycles. The molecule has 0 spiro atoms. The quantitative estimate of drug-likeness (QED) is 0.0336. The van der Waals surface area contributed by atoms with Gasteiger partial charge in [-0.15, -0.1) is 0 Å². The van der Waals surface area contributed by atoms with E-state index >= 15 is 0 Å². The van der Waals surface area contributed by atoms with Crippen molar-refractivity contribution in [2.75, 3.05) is 0 Å². The van der Waals surface area contributed by atoms with Crippen LogP contribution in [0, 0.1) is 0 Å². The van der Waals surface area contributed by atoms with Gasteiger partial charge < -0.3 is 48.8 Å². The van der Waals surface area contributed by atoms with Crippen LogP contribution in [0.15, 0.2) is 23.3 Å². The summed E-state index contributed by atoms with van der Waals surface area (Å²) in [4.78, 5) is 23.3. The van der Waals surface area contributed by atoms with E-state index in [0.717, 1.165) is 140 Å². The molecule has 6 aliphatic rings. The average molecular weight is 1210 g/mol. The van der Waals surface area contributed by atoms with Crippen LogP contribution < -0.4 is 0 Å². The number of esters is 2. The molecule has 0 aromatic rings. The first-order valence-electron chi connectivity index (χ1n) is 37.1. The van der Waals surface area contributed by atoms with E-state index in [2.05, 4.69) is 13.8 Å². The van der Waals surface area contributed by atoms with Crippen molar-refractivity contribution >= 4 is 11.9 Å². The van der Waals surface area contributed by atoms with Gasteiger partial charge in [0.25, 0.3) is 0 Å². The molecular weight excluding hydrogens is 1080 g/mol. The zero-order valence-corrected chi connectivity index (χ0v) is 55.6. The van der Waals surface area contributed by atoms with Gasteiger partial charge in [-0.2, -0.15) is 0 Å². The third kappa shape index (κ3) is 30.9. The Balaban J connectivity index is 0.000000314. The van der Waals surface area contributed by atoms with Crippen molar-refractivity contribution in [3.8, 4) is 0 Å². The van der Waals surface area contributed by atoms with Crippen LogP contribution in [-0.2, 0) is 38.0 Å². The second-order valence-electron chi connectivity index (χ2n) is 27.7. The van der Waals surface area contributed by atoms with Crippen molar-refractivity contribution in [1.29, 1.82) is 0 Å². The molecule has 12 heteroatoms. The fourth-order valence-corrected chi connectivity index (χ4v) is 14.5. The second-order valence-corrected chi connectivity index (χ2v) is 27.7. The van der Waals surface area contributed by atoms with E-state index in [4.69, 9.17) is 28.4 Å². The van der Waals surface area contributed by atoms with Gasteiger partial charge in [-0.25, -0.2) is 9.59 Å². The molecule has 7 unspecified atom stereocenters. The van der Waals surface area contributed by atoms with Crippen molar-refractivity contribution in [2.45, 2.75) is 434 Å². The van der Waals surface area contributed by atoms with Crippen LogP contribution in [0.1, 0.15) is 349 Å². The molecule has 0 saturated carbocycles. The third-order valence-electron chi connectivity index (χ3n) is 20.0. The molecular formula is C74H132O12. The van der Waals surface area contributed by atoms with Crippen molar-refractivity contribution in [1.82, 2.24) is 0 Å². The van der Waals surface area contributed by atoms with Gasteiger partial charge in [0.15, 0.2) is 0 Å². The van der Waals surface area contributed by atoms with E-state index in [9.17, 15) is 30.0 Å². The maximum Gasteiger partial charge on any atom is 0.334 e. The lowest BCUT2D eigenvalue weighted by atomic mass is 10.0. The average Bonchev–Trinajstić information content (AvgIpc) is 4.60. The smallest absolute Gasteiger partial charge is 0.334 e. The van der Waals surface area contributed by atoms with Crippen LogP contribution in [0.25, 0.3) is 0 Å². The fourth-order valence-electron chi connectivity index (χ4n) is 14.5. The number of hydrogen-bond acceptors (Lipinski definition) is 12. The Morgan fingerprint density at radius 1 is 0.326 bits per heavy atom. The number of rotatable bonds is 50. The highest BCUT2D eigenvalue weighted by molar-refractivity contribution is 5.91. The molecule has 0 radical (unpaired) electrons. The predicted molar refractivity (Wildman–Crippen MR) is 348 cm³/mol. The number of carbonyl (C=O) groups excluding carboxylic acids is 2. The molecule has 86 heavy (non-hydrogen) atoms. The van der Waals surface area contributed by atoms with E-state index in [0.29, 0.717) is 0 Å². The highest BCUT2D eigenvalue weighted by atomic mass is 16.6. The summed E-state index contributed by atoms with van der Waals surface area (Å²) in [6.07, 6.45) is 59.9. The number of ether oxygens (including phenoxy) is 6. The molecule has 0 aromatic heterocycles. The first-order chi connectivity index (χ1) is 41.9. The summed E-state index contributed by atoms with van der Waals surface area (Å²) in [6.45, 7) is 8.35. The first-order valence-corrected chi connectivity index (χ1v) is 37.1. The van der Waals surface area contributed by atoms with Crippen LogP contribution in [0.2, 0.25) is 0 Å².